The molecule has 0 bridgehead atoms. The van der Waals surface area contributed by atoms with E-state index in [-0.39, 0.29) is 23.7 Å². The lowest BCUT2D eigenvalue weighted by Crippen LogP contribution is -2.29. The van der Waals surface area contributed by atoms with Gasteiger partial charge in [0.1, 0.15) is 0 Å². The van der Waals surface area contributed by atoms with E-state index < -0.39 is 5.97 Å². The zero-order chi connectivity index (χ0) is 12.2. The molecule has 1 fully saturated rings. The molecule has 16 heavy (non-hydrogen) atoms. The van der Waals surface area contributed by atoms with E-state index in [2.05, 4.69) is 5.32 Å². The molecule has 0 aromatic heterocycles. The van der Waals surface area contributed by atoms with E-state index in [1.165, 1.54) is 0 Å². The summed E-state index contributed by atoms with van der Waals surface area (Å²) in [7, 11) is 0. The molecule has 0 spiro atoms. The molecular formula is C12H21NO3. The summed E-state index contributed by atoms with van der Waals surface area (Å²) in [5.74, 6) is -0.341. The lowest BCUT2D eigenvalue weighted by molar-refractivity contribution is -0.137. The molecule has 0 atom stereocenters. The number of hydrogen-bond acceptors (Lipinski definition) is 2. The van der Waals surface area contributed by atoms with Crippen LogP contribution < -0.4 is 5.32 Å². The lowest BCUT2D eigenvalue weighted by Gasteiger charge is -2.23. The Kier molecular flexibility index (Phi) is 4.33. The molecule has 2 N–H and O–H groups in total. The first kappa shape index (κ1) is 13.0. The summed E-state index contributed by atoms with van der Waals surface area (Å²) in [6.07, 6.45) is 3.73. The van der Waals surface area contributed by atoms with Gasteiger partial charge < -0.3 is 10.4 Å². The van der Waals surface area contributed by atoms with Crippen LogP contribution in [0.3, 0.4) is 0 Å². The lowest BCUT2D eigenvalue weighted by atomic mass is 9.84. The zero-order valence-electron chi connectivity index (χ0n) is 10.1. The number of rotatable bonds is 7. The quantitative estimate of drug-likeness (QED) is 0.697. The summed E-state index contributed by atoms with van der Waals surface area (Å²) >= 11 is 0. The highest BCUT2D eigenvalue weighted by Gasteiger charge is 2.29. The van der Waals surface area contributed by atoms with Gasteiger partial charge in [0.15, 0.2) is 0 Å². The second-order valence-electron chi connectivity index (χ2n) is 5.37. The zero-order valence-corrected chi connectivity index (χ0v) is 10.1. The van der Waals surface area contributed by atoms with Crippen molar-refractivity contribution in [2.45, 2.75) is 46.0 Å². The Balaban J connectivity index is 2.13. The molecule has 0 aromatic carbocycles. The van der Waals surface area contributed by atoms with Crippen LogP contribution in [-0.4, -0.2) is 23.5 Å². The molecule has 1 aliphatic carbocycles. The van der Waals surface area contributed by atoms with Crippen molar-refractivity contribution in [2.75, 3.05) is 6.54 Å². The van der Waals surface area contributed by atoms with E-state index in [0.29, 0.717) is 13.0 Å². The molecule has 1 saturated carbocycles. The second-order valence-corrected chi connectivity index (χ2v) is 5.37. The molecule has 1 rings (SSSR count). The number of nitrogens with one attached hydrogen (secondary N) is 1. The molecule has 92 valence electrons. The summed E-state index contributed by atoms with van der Waals surface area (Å²) in [5.41, 5.74) is -0.0186. The van der Waals surface area contributed by atoms with Crippen LogP contribution >= 0.6 is 0 Å². The average molecular weight is 227 g/mol. The van der Waals surface area contributed by atoms with Gasteiger partial charge in [-0.3, -0.25) is 9.59 Å². The van der Waals surface area contributed by atoms with Crippen LogP contribution in [0.25, 0.3) is 0 Å². The molecule has 1 aliphatic rings. The van der Waals surface area contributed by atoms with Gasteiger partial charge in [0.25, 0.3) is 0 Å². The smallest absolute Gasteiger partial charge is 0.303 e. The predicted molar refractivity (Wildman–Crippen MR) is 61.0 cm³/mol. The van der Waals surface area contributed by atoms with Crippen LogP contribution in [0.4, 0.5) is 0 Å². The summed E-state index contributed by atoms with van der Waals surface area (Å²) in [6.45, 7) is 4.74. The van der Waals surface area contributed by atoms with Crippen molar-refractivity contribution in [2.24, 2.45) is 11.3 Å². The third kappa shape index (κ3) is 5.14. The van der Waals surface area contributed by atoms with Crippen molar-refractivity contribution in [3.05, 3.63) is 0 Å². The first-order chi connectivity index (χ1) is 7.41. The fraction of sp³-hybridized carbons (Fsp3) is 0.833. The molecule has 4 nitrogen and oxygen atoms in total. The molecule has 0 unspecified atom stereocenters. The molecule has 0 aromatic rings. The van der Waals surface area contributed by atoms with Gasteiger partial charge in [-0.2, -0.15) is 0 Å². The highest BCUT2D eigenvalue weighted by atomic mass is 16.4. The van der Waals surface area contributed by atoms with Crippen LogP contribution in [-0.2, 0) is 9.59 Å². The van der Waals surface area contributed by atoms with Gasteiger partial charge in [-0.15, -0.1) is 0 Å². The molecule has 0 saturated heterocycles. The number of hydrogen-bond donors (Lipinski definition) is 2. The summed E-state index contributed by atoms with van der Waals surface area (Å²) < 4.78 is 0. The SMILES string of the molecule is CC(C)(CCNC(=O)C1CC1)CCC(=O)O. The summed E-state index contributed by atoms with van der Waals surface area (Å²) in [4.78, 5) is 21.8. The molecule has 0 radical (unpaired) electrons. The van der Waals surface area contributed by atoms with Gasteiger partial charge in [0.2, 0.25) is 5.91 Å². The number of amides is 1. The van der Waals surface area contributed by atoms with Crippen LogP contribution in [0, 0.1) is 11.3 Å². The van der Waals surface area contributed by atoms with E-state index in [1.54, 1.807) is 0 Å². The van der Waals surface area contributed by atoms with Crippen LogP contribution in [0.2, 0.25) is 0 Å². The molecule has 0 heterocycles. The Morgan fingerprint density at radius 3 is 2.44 bits per heavy atom. The molecule has 1 amide bonds. The van der Waals surface area contributed by atoms with Crippen molar-refractivity contribution < 1.29 is 14.7 Å². The number of carboxylic acid groups (broad SMARTS) is 1. The van der Waals surface area contributed by atoms with Crippen molar-refractivity contribution in [1.82, 2.24) is 5.32 Å². The van der Waals surface area contributed by atoms with Crippen LogP contribution in [0.1, 0.15) is 46.0 Å². The van der Waals surface area contributed by atoms with Crippen molar-refractivity contribution in [1.29, 1.82) is 0 Å². The molecular weight excluding hydrogens is 206 g/mol. The molecule has 4 heteroatoms. The summed E-state index contributed by atoms with van der Waals surface area (Å²) in [5, 5.41) is 11.5. The Hall–Kier alpha value is -1.06. The maximum Gasteiger partial charge on any atom is 0.303 e. The fourth-order valence-corrected chi connectivity index (χ4v) is 1.58. The first-order valence-corrected chi connectivity index (χ1v) is 5.90. The Morgan fingerprint density at radius 2 is 1.94 bits per heavy atom. The fourth-order valence-electron chi connectivity index (χ4n) is 1.58. The number of carbonyl (C=O) groups is 2. The minimum Gasteiger partial charge on any atom is -0.481 e. The third-order valence-corrected chi connectivity index (χ3v) is 3.06. The van der Waals surface area contributed by atoms with Gasteiger partial charge in [-0.1, -0.05) is 13.8 Å². The topological polar surface area (TPSA) is 66.4 Å². The standard InChI is InChI=1S/C12H21NO3/c1-12(2,6-5-10(14)15)7-8-13-11(16)9-3-4-9/h9H,3-8H2,1-2H3,(H,13,16)(H,14,15). The van der Waals surface area contributed by atoms with Crippen LogP contribution in [0.5, 0.6) is 0 Å². The minimum atomic E-state index is -0.755. The van der Waals surface area contributed by atoms with Gasteiger partial charge in [0.05, 0.1) is 0 Å². The monoisotopic (exact) mass is 227 g/mol. The van der Waals surface area contributed by atoms with Crippen molar-refractivity contribution in [3.63, 3.8) is 0 Å². The predicted octanol–water partition coefficient (Wildman–Crippen LogP) is 1.79. The summed E-state index contributed by atoms with van der Waals surface area (Å²) in [6, 6.07) is 0. The second kappa shape index (κ2) is 5.32. The maximum atomic E-state index is 11.4. The highest BCUT2D eigenvalue weighted by molar-refractivity contribution is 5.80. The Morgan fingerprint density at radius 1 is 1.31 bits per heavy atom. The highest BCUT2D eigenvalue weighted by Crippen LogP contribution is 2.29. The van der Waals surface area contributed by atoms with Crippen LogP contribution in [0.15, 0.2) is 0 Å². The van der Waals surface area contributed by atoms with E-state index in [9.17, 15) is 9.59 Å². The Bertz CT molecular complexity index is 269. The maximum absolute atomic E-state index is 11.4. The van der Waals surface area contributed by atoms with Gasteiger partial charge in [-0.05, 0) is 31.1 Å². The van der Waals surface area contributed by atoms with Gasteiger partial charge in [-0.25, -0.2) is 0 Å². The Labute approximate surface area is 96.4 Å². The number of carbonyl (C=O) groups excluding carboxylic acids is 1. The van der Waals surface area contributed by atoms with Gasteiger partial charge in [0, 0.05) is 18.9 Å². The van der Waals surface area contributed by atoms with Crippen molar-refractivity contribution >= 4 is 11.9 Å². The number of aliphatic carboxylic acids is 1. The minimum absolute atomic E-state index is 0.0186. The third-order valence-electron chi connectivity index (χ3n) is 3.06. The van der Waals surface area contributed by atoms with E-state index >= 15 is 0 Å². The number of carboxylic acids is 1. The van der Waals surface area contributed by atoms with Crippen molar-refractivity contribution in [3.8, 4) is 0 Å². The average Bonchev–Trinajstić information content (AvgIpc) is 2.97. The normalized spacial score (nSPS) is 15.9. The van der Waals surface area contributed by atoms with E-state index in [1.807, 2.05) is 13.8 Å². The van der Waals surface area contributed by atoms with Gasteiger partial charge >= 0.3 is 5.97 Å². The largest absolute Gasteiger partial charge is 0.481 e. The van der Waals surface area contributed by atoms with E-state index in [4.69, 9.17) is 5.11 Å². The van der Waals surface area contributed by atoms with E-state index in [0.717, 1.165) is 19.3 Å². The first-order valence-electron chi connectivity index (χ1n) is 5.90. The molecule has 0 aliphatic heterocycles.